The molecule has 0 bridgehead atoms. The molecule has 2 rings (SSSR count). The van der Waals surface area contributed by atoms with Gasteiger partial charge in [0, 0.05) is 39.1 Å². The number of rotatable bonds is 8. The fourth-order valence-corrected chi connectivity index (χ4v) is 4.80. The number of carbonyl (C=O) groups is 3. The maximum absolute atomic E-state index is 13.5. The minimum absolute atomic E-state index is 0.00817. The molecule has 2 N–H and O–H groups in total. The van der Waals surface area contributed by atoms with Gasteiger partial charge in [-0.25, -0.2) is 0 Å². The summed E-state index contributed by atoms with van der Waals surface area (Å²) in [7, 11) is 0. The van der Waals surface area contributed by atoms with Gasteiger partial charge in [0.2, 0.25) is 17.7 Å². The molecule has 7 heteroatoms. The fraction of sp³-hybridized carbons (Fsp3) is 0.870. The summed E-state index contributed by atoms with van der Waals surface area (Å²) >= 11 is 0. The molecular weight excluding hydrogens is 380 g/mol. The Morgan fingerprint density at radius 1 is 1.07 bits per heavy atom. The van der Waals surface area contributed by atoms with Crippen LogP contribution >= 0.6 is 0 Å². The van der Waals surface area contributed by atoms with Crippen LogP contribution in [-0.4, -0.2) is 71.8 Å². The highest BCUT2D eigenvalue weighted by Crippen LogP contribution is 2.25. The summed E-state index contributed by atoms with van der Waals surface area (Å²) in [5.41, 5.74) is 0. The van der Waals surface area contributed by atoms with Gasteiger partial charge in [0.15, 0.2) is 0 Å². The van der Waals surface area contributed by atoms with E-state index < -0.39 is 0 Å². The lowest BCUT2D eigenvalue weighted by atomic mass is 9.89. The molecule has 30 heavy (non-hydrogen) atoms. The zero-order valence-corrected chi connectivity index (χ0v) is 19.7. The van der Waals surface area contributed by atoms with Crippen molar-refractivity contribution in [3.63, 3.8) is 0 Å². The highest BCUT2D eigenvalue weighted by atomic mass is 16.2. The zero-order chi connectivity index (χ0) is 22.4. The van der Waals surface area contributed by atoms with Gasteiger partial charge in [-0.15, -0.1) is 0 Å². The van der Waals surface area contributed by atoms with E-state index in [2.05, 4.69) is 38.3 Å². The Morgan fingerprint density at radius 3 is 2.23 bits per heavy atom. The van der Waals surface area contributed by atoms with Gasteiger partial charge in [-0.3, -0.25) is 14.4 Å². The van der Waals surface area contributed by atoms with Crippen molar-refractivity contribution in [1.29, 1.82) is 0 Å². The van der Waals surface area contributed by atoms with Crippen LogP contribution in [0.15, 0.2) is 0 Å². The Morgan fingerprint density at radius 2 is 1.70 bits per heavy atom. The van der Waals surface area contributed by atoms with Gasteiger partial charge in [0.1, 0.15) is 6.04 Å². The average molecular weight is 423 g/mol. The lowest BCUT2D eigenvalue weighted by molar-refractivity contribution is -0.150. The number of hydrogen-bond acceptors (Lipinski definition) is 4. The van der Waals surface area contributed by atoms with Gasteiger partial charge >= 0.3 is 0 Å². The van der Waals surface area contributed by atoms with E-state index in [0.29, 0.717) is 43.8 Å². The van der Waals surface area contributed by atoms with Gasteiger partial charge in [0.25, 0.3) is 0 Å². The molecule has 0 saturated carbocycles. The molecule has 3 amide bonds. The molecule has 2 aliphatic rings. The molecule has 0 aromatic carbocycles. The molecule has 0 aromatic rings. The molecule has 0 radical (unpaired) electrons. The van der Waals surface area contributed by atoms with E-state index in [1.54, 1.807) is 6.92 Å². The minimum Gasteiger partial charge on any atom is -0.354 e. The van der Waals surface area contributed by atoms with Crippen LogP contribution < -0.4 is 10.6 Å². The van der Waals surface area contributed by atoms with E-state index in [4.69, 9.17) is 0 Å². The summed E-state index contributed by atoms with van der Waals surface area (Å²) in [6.07, 6.45) is 3.26. The molecule has 2 saturated heterocycles. The molecule has 1 unspecified atom stereocenters. The van der Waals surface area contributed by atoms with Gasteiger partial charge in [-0.1, -0.05) is 27.7 Å². The second kappa shape index (κ2) is 11.1. The van der Waals surface area contributed by atoms with Crippen molar-refractivity contribution < 1.29 is 14.4 Å². The van der Waals surface area contributed by atoms with Crippen LogP contribution in [0.2, 0.25) is 0 Å². The lowest BCUT2D eigenvalue weighted by Crippen LogP contribution is -2.62. The number of carbonyl (C=O) groups excluding carboxylic acids is 3. The van der Waals surface area contributed by atoms with Crippen molar-refractivity contribution in [3.05, 3.63) is 0 Å². The van der Waals surface area contributed by atoms with Gasteiger partial charge in [-0.2, -0.15) is 0 Å². The van der Waals surface area contributed by atoms with Crippen molar-refractivity contribution in [3.8, 4) is 0 Å². The van der Waals surface area contributed by atoms with Crippen LogP contribution in [0, 0.1) is 17.8 Å². The smallest absolute Gasteiger partial charge is 0.245 e. The summed E-state index contributed by atoms with van der Waals surface area (Å²) in [6, 6.07) is -0.443. The molecule has 0 spiro atoms. The first kappa shape index (κ1) is 24.6. The molecule has 2 heterocycles. The molecule has 0 aliphatic carbocycles. The van der Waals surface area contributed by atoms with Crippen molar-refractivity contribution in [2.45, 2.75) is 85.4 Å². The average Bonchev–Trinajstić information content (AvgIpc) is 2.66. The van der Waals surface area contributed by atoms with Crippen LogP contribution in [0.5, 0.6) is 0 Å². The molecule has 0 aromatic heterocycles. The molecule has 172 valence electrons. The topological polar surface area (TPSA) is 81.8 Å². The summed E-state index contributed by atoms with van der Waals surface area (Å²) in [5, 5.41) is 6.32. The largest absolute Gasteiger partial charge is 0.354 e. The fourth-order valence-electron chi connectivity index (χ4n) is 4.80. The number of piperidine rings is 1. The molecule has 2 aliphatic heterocycles. The van der Waals surface area contributed by atoms with Crippen LogP contribution in [0.3, 0.4) is 0 Å². The standard InChI is InChI=1S/C23H42N4O3/c1-15(2)13-20-22(29)27(12-9-24-20)21(14-16(3)4)23(30)26-10-7-19(8-11-26)17(5)25-18(6)28/h15-17,19-21,24H,7-14H2,1-6H3,(H,25,28)/t17?,20-,21-/m0/s1. The first-order valence-electron chi connectivity index (χ1n) is 11.7. The van der Waals surface area contributed by atoms with Crippen LogP contribution in [-0.2, 0) is 14.4 Å². The third kappa shape index (κ3) is 6.69. The Balaban J connectivity index is 2.05. The van der Waals surface area contributed by atoms with Crippen molar-refractivity contribution in [2.75, 3.05) is 26.2 Å². The van der Waals surface area contributed by atoms with E-state index in [-0.39, 0.29) is 35.8 Å². The Bertz CT molecular complexity index is 599. The van der Waals surface area contributed by atoms with Crippen LogP contribution in [0.1, 0.15) is 67.2 Å². The third-order valence-corrected chi connectivity index (χ3v) is 6.38. The van der Waals surface area contributed by atoms with E-state index in [9.17, 15) is 14.4 Å². The summed E-state index contributed by atoms with van der Waals surface area (Å²) in [5.74, 6) is 1.30. The maximum Gasteiger partial charge on any atom is 0.245 e. The Hall–Kier alpha value is -1.63. The van der Waals surface area contributed by atoms with Crippen LogP contribution in [0.4, 0.5) is 0 Å². The first-order valence-corrected chi connectivity index (χ1v) is 11.7. The predicted molar refractivity (Wildman–Crippen MR) is 119 cm³/mol. The van der Waals surface area contributed by atoms with Gasteiger partial charge < -0.3 is 20.4 Å². The number of nitrogens with zero attached hydrogens (tertiary/aromatic N) is 2. The monoisotopic (exact) mass is 422 g/mol. The normalized spacial score (nSPS) is 23.1. The first-order chi connectivity index (χ1) is 14.1. The van der Waals surface area contributed by atoms with E-state index >= 15 is 0 Å². The maximum atomic E-state index is 13.5. The van der Waals surface area contributed by atoms with Crippen molar-refractivity contribution in [2.24, 2.45) is 17.8 Å². The second-order valence-electron chi connectivity index (χ2n) is 9.97. The molecular formula is C23H42N4O3. The van der Waals surface area contributed by atoms with E-state index in [0.717, 1.165) is 25.8 Å². The number of hydrogen-bond donors (Lipinski definition) is 2. The highest BCUT2D eigenvalue weighted by molar-refractivity contribution is 5.90. The number of amides is 3. The van der Waals surface area contributed by atoms with E-state index in [1.807, 2.05) is 16.7 Å². The molecule has 2 fully saturated rings. The van der Waals surface area contributed by atoms with Crippen molar-refractivity contribution in [1.82, 2.24) is 20.4 Å². The minimum atomic E-state index is -0.376. The quantitative estimate of drug-likeness (QED) is 0.627. The van der Waals surface area contributed by atoms with Crippen molar-refractivity contribution >= 4 is 17.7 Å². The Labute approximate surface area is 182 Å². The SMILES string of the molecule is CC(=O)NC(C)C1CCN(C(=O)[C@H](CC(C)C)N2CCN[C@@H](CC(C)C)C2=O)CC1. The number of piperazine rings is 1. The van der Waals surface area contributed by atoms with E-state index in [1.165, 1.54) is 0 Å². The number of likely N-dealkylation sites (tertiary alicyclic amines) is 1. The highest BCUT2D eigenvalue weighted by Gasteiger charge is 2.39. The van der Waals surface area contributed by atoms with Gasteiger partial charge in [-0.05, 0) is 50.4 Å². The summed E-state index contributed by atoms with van der Waals surface area (Å²) in [4.78, 5) is 41.8. The predicted octanol–water partition coefficient (Wildman–Crippen LogP) is 2.01. The van der Waals surface area contributed by atoms with Crippen LogP contribution in [0.25, 0.3) is 0 Å². The summed E-state index contributed by atoms with van der Waals surface area (Å²) in [6.45, 7) is 14.8. The summed E-state index contributed by atoms with van der Waals surface area (Å²) < 4.78 is 0. The number of nitrogens with one attached hydrogen (secondary N) is 2. The zero-order valence-electron chi connectivity index (χ0n) is 19.7. The molecule has 3 atom stereocenters. The Kier molecular flexibility index (Phi) is 9.13. The lowest BCUT2D eigenvalue weighted by Gasteiger charge is -2.42. The van der Waals surface area contributed by atoms with Gasteiger partial charge in [0.05, 0.1) is 6.04 Å². The third-order valence-electron chi connectivity index (χ3n) is 6.38. The molecule has 7 nitrogen and oxygen atoms in total. The second-order valence-corrected chi connectivity index (χ2v) is 9.97.